The third kappa shape index (κ3) is 5.07. The van der Waals surface area contributed by atoms with E-state index in [9.17, 15) is 23.1 Å². The van der Waals surface area contributed by atoms with Gasteiger partial charge in [0, 0.05) is 25.0 Å². The van der Waals surface area contributed by atoms with E-state index in [0.717, 1.165) is 34.8 Å². The van der Waals surface area contributed by atoms with E-state index in [4.69, 9.17) is 9.97 Å². The third-order valence-electron chi connectivity index (χ3n) is 6.59. The van der Waals surface area contributed by atoms with Crippen molar-refractivity contribution in [2.45, 2.75) is 19.5 Å². The smallest absolute Gasteiger partial charge is 0.417 e. The second kappa shape index (κ2) is 9.72. The Hall–Kier alpha value is -4.14. The second-order valence-corrected chi connectivity index (χ2v) is 9.26. The van der Waals surface area contributed by atoms with E-state index in [1.54, 1.807) is 18.2 Å². The molecule has 2 heterocycles. The first kappa shape index (κ1) is 24.5. The Balaban J connectivity index is 1.37. The van der Waals surface area contributed by atoms with E-state index in [0.29, 0.717) is 24.5 Å². The molecule has 0 aliphatic carbocycles. The Labute approximate surface area is 211 Å². The molecular formula is C28H25F3N4O2. The summed E-state index contributed by atoms with van der Waals surface area (Å²) in [5, 5.41) is 13.9. The van der Waals surface area contributed by atoms with Crippen LogP contribution < -0.4 is 10.2 Å². The highest BCUT2D eigenvalue weighted by atomic mass is 19.4. The second-order valence-electron chi connectivity index (χ2n) is 9.26. The summed E-state index contributed by atoms with van der Waals surface area (Å²) in [5.74, 6) is 0.509. The highest BCUT2D eigenvalue weighted by Crippen LogP contribution is 2.34. The van der Waals surface area contributed by atoms with Crippen LogP contribution in [-0.2, 0) is 6.18 Å². The number of benzene rings is 3. The predicted molar refractivity (Wildman–Crippen MR) is 135 cm³/mol. The minimum absolute atomic E-state index is 0.0334. The van der Waals surface area contributed by atoms with Gasteiger partial charge in [0.25, 0.3) is 5.91 Å². The molecule has 1 fully saturated rings. The molecule has 0 spiro atoms. The van der Waals surface area contributed by atoms with Gasteiger partial charge in [-0.3, -0.25) is 4.79 Å². The van der Waals surface area contributed by atoms with E-state index in [1.807, 2.05) is 31.2 Å². The van der Waals surface area contributed by atoms with Crippen molar-refractivity contribution in [2.75, 3.05) is 24.5 Å². The number of halogens is 3. The molecule has 1 aliphatic heterocycles. The molecule has 2 N–H and O–H groups in total. The van der Waals surface area contributed by atoms with Crippen LogP contribution in [0.2, 0.25) is 0 Å². The van der Waals surface area contributed by atoms with Crippen LogP contribution >= 0.6 is 0 Å². The van der Waals surface area contributed by atoms with Crippen molar-refractivity contribution in [3.63, 3.8) is 0 Å². The number of aromatic nitrogens is 2. The van der Waals surface area contributed by atoms with E-state index in [1.165, 1.54) is 18.2 Å². The number of hydrogen-bond acceptors (Lipinski definition) is 5. The molecule has 1 saturated heterocycles. The zero-order chi connectivity index (χ0) is 26.2. The lowest BCUT2D eigenvalue weighted by atomic mass is 10.1. The van der Waals surface area contributed by atoms with Crippen LogP contribution in [-0.4, -0.2) is 40.6 Å². The monoisotopic (exact) mass is 506 g/mol. The summed E-state index contributed by atoms with van der Waals surface area (Å²) in [4.78, 5) is 24.2. The molecule has 0 bridgehead atoms. The topological polar surface area (TPSA) is 78.4 Å². The van der Waals surface area contributed by atoms with Crippen LogP contribution in [0.3, 0.4) is 0 Å². The van der Waals surface area contributed by atoms with Crippen molar-refractivity contribution in [3.05, 3.63) is 83.4 Å². The van der Waals surface area contributed by atoms with Crippen molar-refractivity contribution >= 4 is 22.6 Å². The summed E-state index contributed by atoms with van der Waals surface area (Å²) in [6.45, 7) is 3.46. The van der Waals surface area contributed by atoms with Crippen LogP contribution in [0.25, 0.3) is 22.3 Å². The van der Waals surface area contributed by atoms with Gasteiger partial charge in [-0.05, 0) is 61.2 Å². The van der Waals surface area contributed by atoms with Crippen LogP contribution in [0.1, 0.15) is 27.9 Å². The molecule has 0 unspecified atom stereocenters. The molecule has 1 aromatic heterocycles. The maximum atomic E-state index is 13.3. The van der Waals surface area contributed by atoms with Crippen molar-refractivity contribution in [1.29, 1.82) is 0 Å². The third-order valence-corrected chi connectivity index (χ3v) is 6.59. The van der Waals surface area contributed by atoms with Gasteiger partial charge in [0.1, 0.15) is 11.6 Å². The van der Waals surface area contributed by atoms with Gasteiger partial charge in [0.15, 0.2) is 5.82 Å². The van der Waals surface area contributed by atoms with Gasteiger partial charge in [-0.15, -0.1) is 0 Å². The Morgan fingerprint density at radius 2 is 1.84 bits per heavy atom. The zero-order valence-corrected chi connectivity index (χ0v) is 20.1. The van der Waals surface area contributed by atoms with Gasteiger partial charge >= 0.3 is 6.18 Å². The van der Waals surface area contributed by atoms with Gasteiger partial charge in [0.05, 0.1) is 22.2 Å². The molecular weight excluding hydrogens is 481 g/mol. The number of fused-ring (bicyclic) bond motifs is 1. The molecule has 1 atom stereocenters. The number of rotatable bonds is 5. The Morgan fingerprint density at radius 1 is 1.08 bits per heavy atom. The number of amides is 1. The molecule has 3 aromatic carbocycles. The highest BCUT2D eigenvalue weighted by Gasteiger charge is 2.35. The minimum atomic E-state index is -4.60. The number of anilines is 1. The van der Waals surface area contributed by atoms with Gasteiger partial charge in [-0.1, -0.05) is 30.3 Å². The number of nitrogens with zero attached hydrogens (tertiary/aromatic N) is 3. The summed E-state index contributed by atoms with van der Waals surface area (Å²) >= 11 is 0. The summed E-state index contributed by atoms with van der Waals surface area (Å²) < 4.78 is 39.9. The molecule has 4 aromatic rings. The molecule has 1 amide bonds. The maximum Gasteiger partial charge on any atom is 0.417 e. The lowest BCUT2D eigenvalue weighted by molar-refractivity contribution is -0.137. The van der Waals surface area contributed by atoms with Crippen molar-refractivity contribution in [3.8, 4) is 17.1 Å². The number of alkyl halides is 3. The molecule has 6 nitrogen and oxygen atoms in total. The molecule has 0 saturated carbocycles. The average molecular weight is 507 g/mol. The summed E-state index contributed by atoms with van der Waals surface area (Å²) in [5.41, 5.74) is 0.998. The Bertz CT molecular complexity index is 1470. The minimum Gasteiger partial charge on any atom is -0.507 e. The van der Waals surface area contributed by atoms with Gasteiger partial charge in [0.2, 0.25) is 0 Å². The fraction of sp³-hybridized carbons (Fsp3) is 0.250. The maximum absolute atomic E-state index is 13.3. The number of nitrogens with one attached hydrogen (secondary N) is 1. The Kier molecular flexibility index (Phi) is 6.45. The van der Waals surface area contributed by atoms with Crippen LogP contribution in [0.4, 0.5) is 19.0 Å². The van der Waals surface area contributed by atoms with Crippen LogP contribution in [0, 0.1) is 12.8 Å². The highest BCUT2D eigenvalue weighted by molar-refractivity contribution is 5.96. The number of aromatic hydroxyl groups is 1. The van der Waals surface area contributed by atoms with Crippen molar-refractivity contribution in [1.82, 2.24) is 15.3 Å². The SMILES string of the molecule is Cc1ccc2c(N3CC[C@@H](CNC(=O)c4ccccc4C(F)(F)F)C3)nc(-c3ccccc3O)nc2c1. The van der Waals surface area contributed by atoms with Gasteiger partial charge in [-0.2, -0.15) is 13.2 Å². The first-order valence-electron chi connectivity index (χ1n) is 12.0. The van der Waals surface area contributed by atoms with Crippen molar-refractivity contribution < 1.29 is 23.1 Å². The normalized spacial score (nSPS) is 15.8. The van der Waals surface area contributed by atoms with E-state index in [-0.39, 0.29) is 23.8 Å². The fourth-order valence-corrected chi connectivity index (χ4v) is 4.70. The standard InChI is InChI=1S/C28H25F3N4O2/c1-17-10-11-20-23(14-17)33-25(21-7-3-5-9-24(21)36)34-26(20)35-13-12-18(16-35)15-32-27(37)19-6-2-4-8-22(19)28(29,30)31/h2-11,14,18,36H,12-13,15-16H2,1H3,(H,32,37)/t18-/m0/s1. The van der Waals surface area contributed by atoms with Crippen LogP contribution in [0.15, 0.2) is 66.7 Å². The quantitative estimate of drug-likeness (QED) is 0.369. The molecule has 9 heteroatoms. The molecule has 1 aliphatic rings. The first-order valence-corrected chi connectivity index (χ1v) is 12.0. The molecule has 0 radical (unpaired) electrons. The summed E-state index contributed by atoms with van der Waals surface area (Å²) in [6, 6.07) is 17.6. The number of carbonyl (C=O) groups is 1. The van der Waals surface area contributed by atoms with E-state index < -0.39 is 17.6 Å². The summed E-state index contributed by atoms with van der Waals surface area (Å²) in [6.07, 6.45) is -3.86. The van der Waals surface area contributed by atoms with E-state index in [2.05, 4.69) is 10.2 Å². The molecule has 37 heavy (non-hydrogen) atoms. The molecule has 190 valence electrons. The van der Waals surface area contributed by atoms with Crippen LogP contribution in [0.5, 0.6) is 5.75 Å². The number of phenolic OH excluding ortho intramolecular Hbond substituents is 1. The summed E-state index contributed by atoms with van der Waals surface area (Å²) in [7, 11) is 0. The lowest BCUT2D eigenvalue weighted by Gasteiger charge is -2.21. The Morgan fingerprint density at radius 3 is 2.62 bits per heavy atom. The number of hydrogen-bond donors (Lipinski definition) is 2. The number of carbonyl (C=O) groups excluding carboxylic acids is 1. The average Bonchev–Trinajstić information content (AvgIpc) is 3.35. The lowest BCUT2D eigenvalue weighted by Crippen LogP contribution is -2.32. The first-order chi connectivity index (χ1) is 17.7. The van der Waals surface area contributed by atoms with Gasteiger partial charge < -0.3 is 15.3 Å². The number of aryl methyl sites for hydroxylation is 1. The largest absolute Gasteiger partial charge is 0.507 e. The van der Waals surface area contributed by atoms with E-state index >= 15 is 0 Å². The number of para-hydroxylation sites is 1. The zero-order valence-electron chi connectivity index (χ0n) is 20.1. The molecule has 5 rings (SSSR count). The number of phenols is 1. The van der Waals surface area contributed by atoms with Gasteiger partial charge in [-0.25, -0.2) is 9.97 Å². The van der Waals surface area contributed by atoms with Crippen molar-refractivity contribution in [2.24, 2.45) is 5.92 Å². The fourth-order valence-electron chi connectivity index (χ4n) is 4.70. The predicted octanol–water partition coefficient (Wildman–Crippen LogP) is 5.59.